The molecule has 0 radical (unpaired) electrons. The Bertz CT molecular complexity index is 819. The fourth-order valence-electron chi connectivity index (χ4n) is 3.89. The third kappa shape index (κ3) is 2.92. The number of carbonyl (C=O) groups is 3. The molecule has 1 aliphatic carbocycles. The van der Waals surface area contributed by atoms with Gasteiger partial charge in [0, 0.05) is 5.56 Å². The maximum Gasteiger partial charge on any atom is 0.251 e. The van der Waals surface area contributed by atoms with Gasteiger partial charge in [-0.1, -0.05) is 18.9 Å². The fourth-order valence-corrected chi connectivity index (χ4v) is 3.89. The topological polar surface area (TPSA) is 79.6 Å². The van der Waals surface area contributed by atoms with E-state index in [4.69, 9.17) is 4.42 Å². The Balaban J connectivity index is 1.53. The van der Waals surface area contributed by atoms with Gasteiger partial charge < -0.3 is 9.73 Å². The largest absolute Gasteiger partial charge is 0.467 e. The number of nitrogens with zero attached hydrogens (tertiary/aromatic N) is 1. The Labute approximate surface area is 151 Å². The molecule has 26 heavy (non-hydrogen) atoms. The molecule has 1 aromatic carbocycles. The average molecular weight is 352 g/mol. The summed E-state index contributed by atoms with van der Waals surface area (Å²) < 4.78 is 5.19. The summed E-state index contributed by atoms with van der Waals surface area (Å²) >= 11 is 0. The number of furan rings is 1. The van der Waals surface area contributed by atoms with Crippen molar-refractivity contribution in [1.29, 1.82) is 0 Å². The molecular formula is C20H20N2O4. The van der Waals surface area contributed by atoms with E-state index in [1.165, 1.54) is 4.90 Å². The molecule has 2 aliphatic rings. The van der Waals surface area contributed by atoms with Crippen LogP contribution < -0.4 is 10.2 Å². The minimum atomic E-state index is -0.278. The summed E-state index contributed by atoms with van der Waals surface area (Å²) in [7, 11) is 0. The van der Waals surface area contributed by atoms with Crippen molar-refractivity contribution < 1.29 is 18.8 Å². The molecule has 1 saturated heterocycles. The molecule has 3 amide bonds. The Morgan fingerprint density at radius 2 is 1.81 bits per heavy atom. The fraction of sp³-hybridized carbons (Fsp3) is 0.350. The molecule has 1 aliphatic heterocycles. The minimum Gasteiger partial charge on any atom is -0.467 e. The van der Waals surface area contributed by atoms with E-state index < -0.39 is 0 Å². The lowest BCUT2D eigenvalue weighted by atomic mass is 9.81. The highest BCUT2D eigenvalue weighted by atomic mass is 16.3. The smallest absolute Gasteiger partial charge is 0.251 e. The monoisotopic (exact) mass is 352 g/mol. The summed E-state index contributed by atoms with van der Waals surface area (Å²) in [5.74, 6) is -0.288. The van der Waals surface area contributed by atoms with Gasteiger partial charge >= 0.3 is 0 Å². The molecule has 2 atom stereocenters. The summed E-state index contributed by atoms with van der Waals surface area (Å²) in [6.45, 7) is 0.280. The van der Waals surface area contributed by atoms with Crippen LogP contribution in [0.4, 0.5) is 5.69 Å². The summed E-state index contributed by atoms with van der Waals surface area (Å²) in [5.41, 5.74) is 0.879. The highest BCUT2D eigenvalue weighted by Crippen LogP contribution is 2.40. The van der Waals surface area contributed by atoms with Gasteiger partial charge in [-0.05, 0) is 43.2 Å². The molecule has 2 aromatic rings. The van der Waals surface area contributed by atoms with Crippen molar-refractivity contribution in [3.63, 3.8) is 0 Å². The van der Waals surface area contributed by atoms with Crippen LogP contribution in [0.15, 0.2) is 47.1 Å². The number of amides is 3. The van der Waals surface area contributed by atoms with Crippen molar-refractivity contribution in [3.8, 4) is 0 Å². The lowest BCUT2D eigenvalue weighted by molar-refractivity contribution is -0.122. The number of rotatable bonds is 4. The minimum absolute atomic E-state index is 0.132. The van der Waals surface area contributed by atoms with Gasteiger partial charge in [-0.3, -0.25) is 19.3 Å². The maximum absolute atomic E-state index is 12.7. The van der Waals surface area contributed by atoms with E-state index in [0.717, 1.165) is 25.7 Å². The molecule has 6 nitrogen and oxygen atoms in total. The number of fused-ring (bicyclic) bond motifs is 1. The predicted octanol–water partition coefficient (Wildman–Crippen LogP) is 2.89. The van der Waals surface area contributed by atoms with Crippen molar-refractivity contribution in [2.45, 2.75) is 32.2 Å². The van der Waals surface area contributed by atoms with Crippen molar-refractivity contribution in [2.24, 2.45) is 11.8 Å². The van der Waals surface area contributed by atoms with Crippen LogP contribution in [-0.4, -0.2) is 17.7 Å². The molecule has 2 fully saturated rings. The van der Waals surface area contributed by atoms with Crippen molar-refractivity contribution in [1.82, 2.24) is 5.32 Å². The average Bonchev–Trinajstić information content (AvgIpc) is 3.27. The van der Waals surface area contributed by atoms with Crippen LogP contribution in [0, 0.1) is 11.8 Å². The Morgan fingerprint density at radius 1 is 1.08 bits per heavy atom. The van der Waals surface area contributed by atoms with Gasteiger partial charge in [0.05, 0.1) is 30.3 Å². The van der Waals surface area contributed by atoms with Gasteiger partial charge in [0.15, 0.2) is 0 Å². The van der Waals surface area contributed by atoms with Crippen LogP contribution in [-0.2, 0) is 16.1 Å². The number of anilines is 1. The Kier molecular flexibility index (Phi) is 4.32. The normalized spacial score (nSPS) is 22.4. The summed E-state index contributed by atoms with van der Waals surface area (Å²) in [6, 6.07) is 10.2. The van der Waals surface area contributed by atoms with E-state index in [9.17, 15) is 14.4 Å². The number of hydrogen-bond donors (Lipinski definition) is 1. The highest BCUT2D eigenvalue weighted by Gasteiger charge is 2.48. The van der Waals surface area contributed by atoms with E-state index in [1.807, 2.05) is 0 Å². The van der Waals surface area contributed by atoms with Gasteiger partial charge in [-0.15, -0.1) is 0 Å². The lowest BCUT2D eigenvalue weighted by Gasteiger charge is -2.19. The van der Waals surface area contributed by atoms with E-state index in [-0.39, 0.29) is 36.1 Å². The highest BCUT2D eigenvalue weighted by molar-refractivity contribution is 6.22. The molecule has 2 heterocycles. The standard InChI is InChI=1S/C20H20N2O4/c23-18(21-12-15-7-4-10-26-15)13-5-3-6-14(11-13)22-19(24)16-8-1-2-9-17(16)20(22)25/h3-7,10-11,16-17H,1-2,8-9,12H2,(H,21,23). The first-order valence-electron chi connectivity index (χ1n) is 8.93. The third-order valence-electron chi connectivity index (χ3n) is 5.21. The van der Waals surface area contributed by atoms with Gasteiger partial charge in [0.1, 0.15) is 5.76 Å². The zero-order chi connectivity index (χ0) is 18.1. The third-order valence-corrected chi connectivity index (χ3v) is 5.21. The SMILES string of the molecule is O=C(NCc1ccco1)c1cccc(N2C(=O)C3CCCCC3C2=O)c1. The van der Waals surface area contributed by atoms with Crippen LogP contribution in [0.3, 0.4) is 0 Å². The van der Waals surface area contributed by atoms with E-state index in [2.05, 4.69) is 5.32 Å². The van der Waals surface area contributed by atoms with Crippen LogP contribution in [0.5, 0.6) is 0 Å². The van der Waals surface area contributed by atoms with Gasteiger partial charge in [-0.2, -0.15) is 0 Å². The first kappa shape index (κ1) is 16.6. The summed E-state index contributed by atoms with van der Waals surface area (Å²) in [6.07, 6.45) is 5.07. The number of benzene rings is 1. The zero-order valence-electron chi connectivity index (χ0n) is 14.3. The summed E-state index contributed by atoms with van der Waals surface area (Å²) in [4.78, 5) is 39.1. The van der Waals surface area contributed by atoms with Crippen molar-refractivity contribution >= 4 is 23.4 Å². The van der Waals surface area contributed by atoms with Crippen molar-refractivity contribution in [2.75, 3.05) is 4.90 Å². The Hall–Kier alpha value is -2.89. The molecule has 1 saturated carbocycles. The van der Waals surface area contributed by atoms with Crippen LogP contribution >= 0.6 is 0 Å². The van der Waals surface area contributed by atoms with Crippen molar-refractivity contribution in [3.05, 3.63) is 54.0 Å². The molecule has 6 heteroatoms. The first-order valence-corrected chi connectivity index (χ1v) is 8.93. The molecule has 0 spiro atoms. The number of carbonyl (C=O) groups excluding carboxylic acids is 3. The quantitative estimate of drug-likeness (QED) is 0.858. The molecule has 2 unspecified atom stereocenters. The van der Waals surface area contributed by atoms with E-state index in [0.29, 0.717) is 17.0 Å². The Morgan fingerprint density at radius 3 is 2.46 bits per heavy atom. The second-order valence-electron chi connectivity index (χ2n) is 6.82. The van der Waals surface area contributed by atoms with Crippen LogP contribution in [0.2, 0.25) is 0 Å². The molecule has 4 rings (SSSR count). The van der Waals surface area contributed by atoms with Crippen LogP contribution in [0.1, 0.15) is 41.8 Å². The zero-order valence-corrected chi connectivity index (χ0v) is 14.3. The second kappa shape index (κ2) is 6.78. The molecule has 134 valence electrons. The van der Waals surface area contributed by atoms with Crippen LogP contribution in [0.25, 0.3) is 0 Å². The molecule has 1 aromatic heterocycles. The first-order chi connectivity index (χ1) is 12.6. The summed E-state index contributed by atoms with van der Waals surface area (Å²) in [5, 5.41) is 2.77. The molecule has 1 N–H and O–H groups in total. The van der Waals surface area contributed by atoms with E-state index >= 15 is 0 Å². The van der Waals surface area contributed by atoms with Gasteiger partial charge in [0.25, 0.3) is 5.91 Å². The second-order valence-corrected chi connectivity index (χ2v) is 6.82. The molecular weight excluding hydrogens is 332 g/mol. The number of nitrogens with one attached hydrogen (secondary N) is 1. The predicted molar refractivity (Wildman–Crippen MR) is 94.3 cm³/mol. The number of hydrogen-bond acceptors (Lipinski definition) is 4. The molecule has 0 bridgehead atoms. The maximum atomic E-state index is 12.7. The van der Waals surface area contributed by atoms with E-state index in [1.54, 1.807) is 42.7 Å². The lowest BCUT2D eigenvalue weighted by Crippen LogP contribution is -2.31. The number of imide groups is 1. The van der Waals surface area contributed by atoms with Gasteiger partial charge in [-0.25, -0.2) is 0 Å². The van der Waals surface area contributed by atoms with Gasteiger partial charge in [0.2, 0.25) is 11.8 Å².